The molecule has 1 saturated carbocycles. The van der Waals surface area contributed by atoms with Gasteiger partial charge in [-0.3, -0.25) is 4.79 Å². The van der Waals surface area contributed by atoms with E-state index < -0.39 is 0 Å². The Balaban J connectivity index is 1.90. The molecule has 2 rings (SSSR count). The molecular weight excluding hydrogens is 220 g/mol. The van der Waals surface area contributed by atoms with Gasteiger partial charge in [0.15, 0.2) is 0 Å². The van der Waals surface area contributed by atoms with E-state index in [1.165, 1.54) is 12.2 Å². The zero-order valence-corrected chi connectivity index (χ0v) is 10.7. The van der Waals surface area contributed by atoms with Crippen molar-refractivity contribution < 1.29 is 4.79 Å². The standard InChI is InChI=1S/C12H22N2OS/c13-9-12(5-1-2-6-12)11(15)14-10-4-3-7-16-8-10/h10H,1-9,13H2,(H,14,15). The van der Waals surface area contributed by atoms with Gasteiger partial charge in [-0.1, -0.05) is 12.8 Å². The highest BCUT2D eigenvalue weighted by Crippen LogP contribution is 2.37. The maximum Gasteiger partial charge on any atom is 0.227 e. The first-order valence-corrected chi connectivity index (χ1v) is 7.51. The quantitative estimate of drug-likeness (QED) is 0.789. The highest BCUT2D eigenvalue weighted by Gasteiger charge is 2.40. The van der Waals surface area contributed by atoms with Crippen LogP contribution in [0, 0.1) is 5.41 Å². The molecule has 1 amide bonds. The van der Waals surface area contributed by atoms with Crippen LogP contribution >= 0.6 is 11.8 Å². The van der Waals surface area contributed by atoms with Gasteiger partial charge >= 0.3 is 0 Å². The maximum atomic E-state index is 12.3. The largest absolute Gasteiger partial charge is 0.352 e. The molecule has 1 saturated heterocycles. The van der Waals surface area contributed by atoms with Crippen LogP contribution in [0.2, 0.25) is 0 Å². The summed E-state index contributed by atoms with van der Waals surface area (Å²) in [7, 11) is 0. The van der Waals surface area contributed by atoms with Crippen LogP contribution in [-0.2, 0) is 4.79 Å². The summed E-state index contributed by atoms with van der Waals surface area (Å²) in [5, 5.41) is 3.21. The predicted molar refractivity (Wildman–Crippen MR) is 68.4 cm³/mol. The molecule has 0 radical (unpaired) electrons. The smallest absolute Gasteiger partial charge is 0.227 e. The lowest BCUT2D eigenvalue weighted by Crippen LogP contribution is -2.49. The highest BCUT2D eigenvalue weighted by molar-refractivity contribution is 7.99. The Labute approximate surface area is 102 Å². The van der Waals surface area contributed by atoms with Crippen LogP contribution in [0.15, 0.2) is 0 Å². The lowest BCUT2D eigenvalue weighted by Gasteiger charge is -2.30. The van der Waals surface area contributed by atoms with Crippen molar-refractivity contribution in [2.45, 2.75) is 44.6 Å². The number of rotatable bonds is 3. The van der Waals surface area contributed by atoms with E-state index in [9.17, 15) is 4.79 Å². The van der Waals surface area contributed by atoms with Crippen LogP contribution in [0.3, 0.4) is 0 Å². The molecule has 1 aliphatic heterocycles. The monoisotopic (exact) mass is 242 g/mol. The highest BCUT2D eigenvalue weighted by atomic mass is 32.2. The van der Waals surface area contributed by atoms with E-state index in [2.05, 4.69) is 5.32 Å². The Bertz CT molecular complexity index is 245. The van der Waals surface area contributed by atoms with Gasteiger partial charge in [-0.2, -0.15) is 11.8 Å². The number of nitrogens with one attached hydrogen (secondary N) is 1. The molecule has 2 fully saturated rings. The first-order chi connectivity index (χ1) is 7.77. The summed E-state index contributed by atoms with van der Waals surface area (Å²) < 4.78 is 0. The molecule has 16 heavy (non-hydrogen) atoms. The minimum absolute atomic E-state index is 0.222. The van der Waals surface area contributed by atoms with Gasteiger partial charge in [0.05, 0.1) is 5.41 Å². The number of hydrogen-bond acceptors (Lipinski definition) is 3. The summed E-state index contributed by atoms with van der Waals surface area (Å²) in [6, 6.07) is 0.385. The zero-order chi connectivity index (χ0) is 11.4. The van der Waals surface area contributed by atoms with Crippen molar-refractivity contribution >= 4 is 17.7 Å². The minimum Gasteiger partial charge on any atom is -0.352 e. The van der Waals surface area contributed by atoms with Gasteiger partial charge in [0.2, 0.25) is 5.91 Å². The summed E-state index contributed by atoms with van der Waals surface area (Å²) in [5.74, 6) is 2.54. The molecule has 1 atom stereocenters. The topological polar surface area (TPSA) is 55.1 Å². The van der Waals surface area contributed by atoms with Gasteiger partial charge in [-0.15, -0.1) is 0 Å². The molecule has 0 aromatic heterocycles. The molecule has 3 nitrogen and oxygen atoms in total. The normalized spacial score (nSPS) is 28.9. The van der Waals surface area contributed by atoms with Crippen molar-refractivity contribution in [1.82, 2.24) is 5.32 Å². The second-order valence-electron chi connectivity index (χ2n) is 5.08. The van der Waals surface area contributed by atoms with Gasteiger partial charge in [-0.25, -0.2) is 0 Å². The third-order valence-corrected chi connectivity index (χ3v) is 5.14. The average molecular weight is 242 g/mol. The Morgan fingerprint density at radius 1 is 1.38 bits per heavy atom. The molecule has 1 heterocycles. The molecule has 1 unspecified atom stereocenters. The fourth-order valence-electron chi connectivity index (χ4n) is 2.77. The molecule has 0 aromatic rings. The van der Waals surface area contributed by atoms with Crippen molar-refractivity contribution in [3.05, 3.63) is 0 Å². The number of nitrogens with two attached hydrogens (primary N) is 1. The van der Waals surface area contributed by atoms with Crippen molar-refractivity contribution in [3.8, 4) is 0 Å². The van der Waals surface area contributed by atoms with E-state index >= 15 is 0 Å². The first-order valence-electron chi connectivity index (χ1n) is 6.36. The van der Waals surface area contributed by atoms with Crippen LogP contribution in [0.25, 0.3) is 0 Å². The number of carbonyl (C=O) groups excluding carboxylic acids is 1. The Kier molecular flexibility index (Phi) is 4.14. The van der Waals surface area contributed by atoms with Gasteiger partial charge in [-0.05, 0) is 31.4 Å². The van der Waals surface area contributed by atoms with Crippen molar-refractivity contribution in [2.75, 3.05) is 18.1 Å². The molecule has 0 bridgehead atoms. The molecule has 92 valence electrons. The fourth-order valence-corrected chi connectivity index (χ4v) is 3.84. The zero-order valence-electron chi connectivity index (χ0n) is 9.84. The molecule has 1 aliphatic carbocycles. The summed E-state index contributed by atoms with van der Waals surface area (Å²) in [5.41, 5.74) is 5.57. The van der Waals surface area contributed by atoms with E-state index in [0.717, 1.165) is 37.9 Å². The van der Waals surface area contributed by atoms with E-state index in [4.69, 9.17) is 5.73 Å². The van der Waals surface area contributed by atoms with Crippen LogP contribution < -0.4 is 11.1 Å². The molecule has 0 aromatic carbocycles. The second kappa shape index (κ2) is 5.41. The van der Waals surface area contributed by atoms with Crippen molar-refractivity contribution in [2.24, 2.45) is 11.1 Å². The molecular formula is C12H22N2OS. The number of thioether (sulfide) groups is 1. The Morgan fingerprint density at radius 3 is 2.69 bits per heavy atom. The van der Waals surface area contributed by atoms with Gasteiger partial charge in [0.25, 0.3) is 0 Å². The summed E-state index contributed by atoms with van der Waals surface area (Å²) in [4.78, 5) is 12.3. The lowest BCUT2D eigenvalue weighted by molar-refractivity contribution is -0.131. The molecule has 2 aliphatic rings. The SMILES string of the molecule is NCC1(C(=O)NC2CCCSC2)CCCC1. The van der Waals surface area contributed by atoms with Crippen LogP contribution in [0.5, 0.6) is 0 Å². The predicted octanol–water partition coefficient (Wildman–Crippen LogP) is 1.52. The van der Waals surface area contributed by atoms with Crippen LogP contribution in [0.1, 0.15) is 38.5 Å². The molecule has 4 heteroatoms. The van der Waals surface area contributed by atoms with E-state index in [0.29, 0.717) is 12.6 Å². The van der Waals surface area contributed by atoms with Gasteiger partial charge in [0.1, 0.15) is 0 Å². The third kappa shape index (κ3) is 2.54. The van der Waals surface area contributed by atoms with Gasteiger partial charge < -0.3 is 11.1 Å². The Morgan fingerprint density at radius 2 is 2.12 bits per heavy atom. The maximum absolute atomic E-state index is 12.3. The van der Waals surface area contributed by atoms with Crippen molar-refractivity contribution in [3.63, 3.8) is 0 Å². The van der Waals surface area contributed by atoms with E-state index in [1.54, 1.807) is 0 Å². The van der Waals surface area contributed by atoms with E-state index in [1.807, 2.05) is 11.8 Å². The lowest BCUT2D eigenvalue weighted by atomic mass is 9.85. The second-order valence-corrected chi connectivity index (χ2v) is 6.23. The van der Waals surface area contributed by atoms with E-state index in [-0.39, 0.29) is 11.3 Å². The average Bonchev–Trinajstić information content (AvgIpc) is 2.80. The van der Waals surface area contributed by atoms with Crippen LogP contribution in [-0.4, -0.2) is 30.0 Å². The van der Waals surface area contributed by atoms with Crippen LogP contribution in [0.4, 0.5) is 0 Å². The third-order valence-electron chi connectivity index (χ3n) is 3.93. The minimum atomic E-state index is -0.234. The first kappa shape index (κ1) is 12.2. The van der Waals surface area contributed by atoms with Gasteiger partial charge in [0, 0.05) is 18.3 Å². The molecule has 0 spiro atoms. The Hall–Kier alpha value is -0.220. The number of carbonyl (C=O) groups is 1. The fraction of sp³-hybridized carbons (Fsp3) is 0.917. The summed E-state index contributed by atoms with van der Waals surface area (Å²) in [6.45, 7) is 0.513. The summed E-state index contributed by atoms with van der Waals surface area (Å²) in [6.07, 6.45) is 6.64. The number of hydrogen-bond donors (Lipinski definition) is 2. The summed E-state index contributed by atoms with van der Waals surface area (Å²) >= 11 is 1.95. The van der Waals surface area contributed by atoms with Crippen molar-refractivity contribution in [1.29, 1.82) is 0 Å². The molecule has 3 N–H and O–H groups in total. The number of amides is 1.